The van der Waals surface area contributed by atoms with E-state index in [9.17, 15) is 5.11 Å². The zero-order chi connectivity index (χ0) is 15.4. The van der Waals surface area contributed by atoms with Gasteiger partial charge in [0.05, 0.1) is 6.10 Å². The molecule has 0 bridgehead atoms. The summed E-state index contributed by atoms with van der Waals surface area (Å²) >= 11 is 1.79. The smallest absolute Gasteiger partial charge is 0.0574 e. The Hall–Kier alpha value is -1.36. The fourth-order valence-electron chi connectivity index (χ4n) is 2.88. The molecule has 0 spiro atoms. The molecular formula is C18H24N2OS. The van der Waals surface area contributed by atoms with Gasteiger partial charge in [-0.15, -0.1) is 11.3 Å². The van der Waals surface area contributed by atoms with Crippen LogP contribution in [0.3, 0.4) is 0 Å². The van der Waals surface area contributed by atoms with E-state index in [1.807, 2.05) is 0 Å². The lowest BCUT2D eigenvalue weighted by molar-refractivity contribution is 0.145. The maximum Gasteiger partial charge on any atom is 0.0574 e. The third-order valence-corrected chi connectivity index (χ3v) is 5.26. The van der Waals surface area contributed by atoms with E-state index in [1.54, 1.807) is 11.3 Å². The van der Waals surface area contributed by atoms with Crippen LogP contribution in [0.1, 0.15) is 36.2 Å². The van der Waals surface area contributed by atoms with Gasteiger partial charge in [-0.2, -0.15) is 0 Å². The van der Waals surface area contributed by atoms with Crippen LogP contribution < -0.4 is 10.2 Å². The minimum absolute atomic E-state index is 0.114. The second-order valence-electron chi connectivity index (χ2n) is 5.99. The van der Waals surface area contributed by atoms with E-state index in [-0.39, 0.29) is 6.10 Å². The van der Waals surface area contributed by atoms with Gasteiger partial charge in [0.1, 0.15) is 0 Å². The maximum absolute atomic E-state index is 9.59. The van der Waals surface area contributed by atoms with Crippen molar-refractivity contribution in [3.05, 3.63) is 52.2 Å². The van der Waals surface area contributed by atoms with Gasteiger partial charge < -0.3 is 15.3 Å². The van der Waals surface area contributed by atoms with Crippen LogP contribution in [-0.4, -0.2) is 24.3 Å². The average Bonchev–Trinajstić information content (AvgIpc) is 3.07. The predicted molar refractivity (Wildman–Crippen MR) is 93.5 cm³/mol. The molecule has 0 aliphatic carbocycles. The first-order valence-corrected chi connectivity index (χ1v) is 8.89. The van der Waals surface area contributed by atoms with Crippen LogP contribution >= 0.6 is 11.3 Å². The van der Waals surface area contributed by atoms with Crippen molar-refractivity contribution in [2.45, 2.75) is 38.5 Å². The van der Waals surface area contributed by atoms with E-state index < -0.39 is 0 Å². The summed E-state index contributed by atoms with van der Waals surface area (Å²) in [6.45, 7) is 5.03. The number of hydrogen-bond donors (Lipinski definition) is 2. The second kappa shape index (κ2) is 7.27. The molecule has 22 heavy (non-hydrogen) atoms. The van der Waals surface area contributed by atoms with Gasteiger partial charge in [-0.1, -0.05) is 18.2 Å². The SMILES string of the molecule is CC(NCc1cccs1)c1ccc(N2CCC(O)CC2)cc1. The van der Waals surface area contributed by atoms with Crippen LogP contribution in [0.25, 0.3) is 0 Å². The molecule has 1 aromatic heterocycles. The van der Waals surface area contributed by atoms with Gasteiger partial charge in [0, 0.05) is 36.2 Å². The summed E-state index contributed by atoms with van der Waals surface area (Å²) in [5.74, 6) is 0. The normalized spacial score (nSPS) is 17.6. The van der Waals surface area contributed by atoms with Crippen LogP contribution in [0.4, 0.5) is 5.69 Å². The van der Waals surface area contributed by atoms with E-state index in [0.29, 0.717) is 6.04 Å². The molecule has 1 aromatic carbocycles. The van der Waals surface area contributed by atoms with Gasteiger partial charge in [-0.3, -0.25) is 0 Å². The third-order valence-electron chi connectivity index (χ3n) is 4.39. The van der Waals surface area contributed by atoms with Crippen LogP contribution in [-0.2, 0) is 6.54 Å². The molecule has 2 N–H and O–H groups in total. The summed E-state index contributed by atoms with van der Waals surface area (Å²) < 4.78 is 0. The highest BCUT2D eigenvalue weighted by Gasteiger charge is 2.17. The molecule has 1 saturated heterocycles. The lowest BCUT2D eigenvalue weighted by Crippen LogP contribution is -2.35. The van der Waals surface area contributed by atoms with Crippen molar-refractivity contribution < 1.29 is 5.11 Å². The molecule has 4 heteroatoms. The summed E-state index contributed by atoms with van der Waals surface area (Å²) in [6.07, 6.45) is 1.64. The first-order chi connectivity index (χ1) is 10.7. The van der Waals surface area contributed by atoms with E-state index in [0.717, 1.165) is 32.5 Å². The lowest BCUT2D eigenvalue weighted by Gasteiger charge is -2.31. The Morgan fingerprint density at radius 1 is 1.23 bits per heavy atom. The Morgan fingerprint density at radius 3 is 2.59 bits per heavy atom. The molecule has 1 unspecified atom stereocenters. The van der Waals surface area contributed by atoms with Gasteiger partial charge in [0.25, 0.3) is 0 Å². The summed E-state index contributed by atoms with van der Waals surface area (Å²) in [5.41, 5.74) is 2.58. The summed E-state index contributed by atoms with van der Waals surface area (Å²) in [7, 11) is 0. The fraction of sp³-hybridized carbons (Fsp3) is 0.444. The number of nitrogens with zero attached hydrogens (tertiary/aromatic N) is 1. The van der Waals surface area contributed by atoms with Crippen molar-refractivity contribution in [1.82, 2.24) is 5.32 Å². The first-order valence-electron chi connectivity index (χ1n) is 8.01. The van der Waals surface area contributed by atoms with Crippen molar-refractivity contribution >= 4 is 17.0 Å². The second-order valence-corrected chi connectivity index (χ2v) is 7.02. The number of hydrogen-bond acceptors (Lipinski definition) is 4. The molecule has 0 amide bonds. The fourth-order valence-corrected chi connectivity index (χ4v) is 3.54. The van der Waals surface area contributed by atoms with Gasteiger partial charge in [-0.05, 0) is 48.9 Å². The Bertz CT molecular complexity index is 559. The number of aliphatic hydroxyl groups is 1. The largest absolute Gasteiger partial charge is 0.393 e. The summed E-state index contributed by atoms with van der Waals surface area (Å²) in [6, 6.07) is 13.4. The highest BCUT2D eigenvalue weighted by molar-refractivity contribution is 7.09. The molecule has 0 radical (unpaired) electrons. The average molecular weight is 316 g/mol. The van der Waals surface area contributed by atoms with Crippen LogP contribution in [0.5, 0.6) is 0 Å². The van der Waals surface area contributed by atoms with E-state index >= 15 is 0 Å². The standard InChI is InChI=1S/C18H24N2OS/c1-14(19-13-18-3-2-12-22-18)15-4-6-16(7-5-15)20-10-8-17(21)9-11-20/h2-7,12,14,17,19,21H,8-11,13H2,1H3. The molecule has 3 rings (SSSR count). The molecule has 0 saturated carbocycles. The predicted octanol–water partition coefficient (Wildman–Crippen LogP) is 3.56. The van der Waals surface area contributed by atoms with Gasteiger partial charge >= 0.3 is 0 Å². The van der Waals surface area contributed by atoms with Gasteiger partial charge in [0.15, 0.2) is 0 Å². The highest BCUT2D eigenvalue weighted by atomic mass is 32.1. The van der Waals surface area contributed by atoms with E-state index in [2.05, 4.69) is 58.9 Å². The Morgan fingerprint density at radius 2 is 1.95 bits per heavy atom. The minimum atomic E-state index is -0.114. The molecule has 1 aliphatic rings. The molecule has 1 aliphatic heterocycles. The minimum Gasteiger partial charge on any atom is -0.393 e. The zero-order valence-corrected chi connectivity index (χ0v) is 13.9. The Labute approximate surface area is 136 Å². The quantitative estimate of drug-likeness (QED) is 0.885. The summed E-state index contributed by atoms with van der Waals surface area (Å²) in [5, 5.41) is 15.3. The highest BCUT2D eigenvalue weighted by Crippen LogP contribution is 2.23. The lowest BCUT2D eigenvalue weighted by atomic mass is 10.0. The molecule has 3 nitrogen and oxygen atoms in total. The number of benzene rings is 1. The van der Waals surface area contributed by atoms with Crippen LogP contribution in [0.2, 0.25) is 0 Å². The number of anilines is 1. The Kier molecular flexibility index (Phi) is 5.13. The number of nitrogens with one attached hydrogen (secondary N) is 1. The van der Waals surface area contributed by atoms with Crippen LogP contribution in [0, 0.1) is 0 Å². The number of piperidine rings is 1. The van der Waals surface area contributed by atoms with Crippen molar-refractivity contribution in [1.29, 1.82) is 0 Å². The molecule has 2 heterocycles. The molecule has 1 fully saturated rings. The number of thiophene rings is 1. The monoisotopic (exact) mass is 316 g/mol. The van der Waals surface area contributed by atoms with Crippen molar-refractivity contribution in [2.24, 2.45) is 0 Å². The maximum atomic E-state index is 9.59. The molecular weight excluding hydrogens is 292 g/mol. The van der Waals surface area contributed by atoms with E-state index in [1.165, 1.54) is 16.1 Å². The molecule has 1 atom stereocenters. The van der Waals surface area contributed by atoms with Crippen LogP contribution in [0.15, 0.2) is 41.8 Å². The molecule has 2 aromatic rings. The Balaban J connectivity index is 1.56. The van der Waals surface area contributed by atoms with Crippen molar-refractivity contribution in [3.63, 3.8) is 0 Å². The number of rotatable bonds is 5. The first kappa shape index (κ1) is 15.5. The van der Waals surface area contributed by atoms with Crippen molar-refractivity contribution in [3.8, 4) is 0 Å². The topological polar surface area (TPSA) is 35.5 Å². The molecule has 118 valence electrons. The zero-order valence-electron chi connectivity index (χ0n) is 13.0. The van der Waals surface area contributed by atoms with Gasteiger partial charge in [0.2, 0.25) is 0 Å². The van der Waals surface area contributed by atoms with Crippen molar-refractivity contribution in [2.75, 3.05) is 18.0 Å². The third kappa shape index (κ3) is 3.88. The summed E-state index contributed by atoms with van der Waals surface area (Å²) in [4.78, 5) is 3.73. The van der Waals surface area contributed by atoms with E-state index in [4.69, 9.17) is 0 Å². The number of aliphatic hydroxyl groups excluding tert-OH is 1. The van der Waals surface area contributed by atoms with Gasteiger partial charge in [-0.25, -0.2) is 0 Å².